The van der Waals surface area contributed by atoms with Gasteiger partial charge in [0.1, 0.15) is 5.82 Å². The van der Waals surface area contributed by atoms with Crippen LogP contribution in [0.3, 0.4) is 0 Å². The van der Waals surface area contributed by atoms with Crippen LogP contribution in [-0.2, 0) is 12.6 Å². The summed E-state index contributed by atoms with van der Waals surface area (Å²) in [5, 5.41) is 0. The third-order valence-corrected chi connectivity index (χ3v) is 5.63. The Morgan fingerprint density at radius 1 is 0.897 bits per heavy atom. The molecule has 0 saturated carbocycles. The fourth-order valence-electron chi connectivity index (χ4n) is 4.26. The van der Waals surface area contributed by atoms with Crippen LogP contribution in [0.1, 0.15) is 35.6 Å². The first-order valence-electron chi connectivity index (χ1n) is 9.90. The summed E-state index contributed by atoms with van der Waals surface area (Å²) < 4.78 is 40.9. The van der Waals surface area contributed by atoms with Crippen LogP contribution in [0.15, 0.2) is 79.0 Å². The average molecular weight is 396 g/mol. The van der Waals surface area contributed by atoms with Gasteiger partial charge < -0.3 is 4.90 Å². The maximum absolute atomic E-state index is 13.6. The Hall–Kier alpha value is -2.82. The molecule has 150 valence electrons. The second-order valence-electron chi connectivity index (χ2n) is 7.57. The zero-order valence-electron chi connectivity index (χ0n) is 16.0. The van der Waals surface area contributed by atoms with Gasteiger partial charge in [0.05, 0.1) is 11.6 Å². The van der Waals surface area contributed by atoms with E-state index in [1.807, 2.05) is 53.4 Å². The van der Waals surface area contributed by atoms with E-state index in [1.165, 1.54) is 17.8 Å². The Morgan fingerprint density at radius 3 is 2.28 bits per heavy atom. The van der Waals surface area contributed by atoms with Crippen molar-refractivity contribution in [1.82, 2.24) is 4.98 Å². The first kappa shape index (κ1) is 19.5. The molecule has 2 aromatic carbocycles. The summed E-state index contributed by atoms with van der Waals surface area (Å²) in [5.41, 5.74) is 1.64. The van der Waals surface area contributed by atoms with Crippen molar-refractivity contribution in [3.63, 3.8) is 0 Å². The fraction of sp³-hybridized carbons (Fsp3) is 0.292. The smallest absolute Gasteiger partial charge is 0.349 e. The van der Waals surface area contributed by atoms with Crippen molar-refractivity contribution in [3.05, 3.63) is 95.7 Å². The highest BCUT2D eigenvalue weighted by molar-refractivity contribution is 5.51. The molecular weight excluding hydrogens is 373 g/mol. The monoisotopic (exact) mass is 396 g/mol. The summed E-state index contributed by atoms with van der Waals surface area (Å²) in [6.45, 7) is 0.553. The summed E-state index contributed by atoms with van der Waals surface area (Å²) in [5.74, 6) is 0.448. The number of alkyl halides is 3. The maximum atomic E-state index is 13.6. The largest absolute Gasteiger partial charge is 0.419 e. The lowest BCUT2D eigenvalue weighted by molar-refractivity contribution is -0.137. The molecule has 0 spiro atoms. The minimum Gasteiger partial charge on any atom is -0.349 e. The molecule has 4 rings (SSSR count). The summed E-state index contributed by atoms with van der Waals surface area (Å²) in [7, 11) is 0. The highest BCUT2D eigenvalue weighted by atomic mass is 19.4. The number of nitrogens with zero attached hydrogens (tertiary/aromatic N) is 2. The van der Waals surface area contributed by atoms with Crippen molar-refractivity contribution in [2.24, 2.45) is 5.92 Å². The van der Waals surface area contributed by atoms with Gasteiger partial charge in [-0.15, -0.1) is 0 Å². The number of halogens is 3. The summed E-state index contributed by atoms with van der Waals surface area (Å²) in [6, 6.07) is 22.5. The number of benzene rings is 2. The molecule has 1 saturated heterocycles. The molecule has 0 radical (unpaired) electrons. The average Bonchev–Trinajstić information content (AvgIpc) is 2.74. The first-order valence-corrected chi connectivity index (χ1v) is 9.90. The van der Waals surface area contributed by atoms with E-state index in [9.17, 15) is 13.2 Å². The summed E-state index contributed by atoms with van der Waals surface area (Å²) in [4.78, 5) is 6.01. The van der Waals surface area contributed by atoms with Gasteiger partial charge in [-0.2, -0.15) is 13.2 Å². The second-order valence-corrected chi connectivity index (χ2v) is 7.57. The molecule has 2 unspecified atom stereocenters. The number of hydrogen-bond donors (Lipinski definition) is 0. The zero-order valence-corrected chi connectivity index (χ0v) is 16.0. The van der Waals surface area contributed by atoms with E-state index >= 15 is 0 Å². The minimum atomic E-state index is -4.42. The molecule has 0 aliphatic carbocycles. The molecule has 0 amide bonds. The Bertz CT molecular complexity index is 926. The molecule has 1 aliphatic heterocycles. The third-order valence-electron chi connectivity index (χ3n) is 5.63. The topological polar surface area (TPSA) is 16.1 Å². The van der Waals surface area contributed by atoms with Gasteiger partial charge in [-0.1, -0.05) is 60.7 Å². The van der Waals surface area contributed by atoms with Crippen LogP contribution in [0.2, 0.25) is 0 Å². The molecule has 0 N–H and O–H groups in total. The Morgan fingerprint density at radius 2 is 1.59 bits per heavy atom. The molecule has 0 bridgehead atoms. The van der Waals surface area contributed by atoms with Crippen molar-refractivity contribution in [1.29, 1.82) is 0 Å². The van der Waals surface area contributed by atoms with Gasteiger partial charge in [-0.3, -0.25) is 0 Å². The molecule has 29 heavy (non-hydrogen) atoms. The number of pyridine rings is 1. The number of piperidine rings is 1. The number of hydrogen-bond acceptors (Lipinski definition) is 2. The maximum Gasteiger partial charge on any atom is 0.419 e. The quantitative estimate of drug-likeness (QED) is 0.514. The normalized spacial score (nSPS) is 19.9. The van der Waals surface area contributed by atoms with Crippen LogP contribution < -0.4 is 4.90 Å². The molecule has 1 aliphatic rings. The van der Waals surface area contributed by atoms with Crippen LogP contribution in [0, 0.1) is 5.92 Å². The minimum absolute atomic E-state index is 0.0343. The SMILES string of the molecule is FC(F)(F)c1cccnc1N1CCC(Cc2ccccc2)CC1c1ccccc1. The van der Waals surface area contributed by atoms with Gasteiger partial charge in [0.25, 0.3) is 0 Å². The molecule has 5 heteroatoms. The highest BCUT2D eigenvalue weighted by Gasteiger charge is 2.39. The van der Waals surface area contributed by atoms with E-state index in [2.05, 4.69) is 17.1 Å². The molecular formula is C24H23F3N2. The van der Waals surface area contributed by atoms with E-state index in [-0.39, 0.29) is 11.9 Å². The lowest BCUT2D eigenvalue weighted by atomic mass is 9.83. The van der Waals surface area contributed by atoms with Crippen LogP contribution in [0.5, 0.6) is 0 Å². The van der Waals surface area contributed by atoms with Gasteiger partial charge in [0.2, 0.25) is 0 Å². The predicted octanol–water partition coefficient (Wildman–Crippen LogP) is 6.30. The lowest BCUT2D eigenvalue weighted by Gasteiger charge is -2.41. The summed E-state index contributed by atoms with van der Waals surface area (Å²) >= 11 is 0. The molecule has 2 nitrogen and oxygen atoms in total. The fourth-order valence-corrected chi connectivity index (χ4v) is 4.26. The first-order chi connectivity index (χ1) is 14.0. The standard InChI is InChI=1S/C24H23F3N2/c25-24(26,27)21-12-7-14-28-23(21)29-15-13-19(16-18-8-3-1-4-9-18)17-22(29)20-10-5-2-6-11-20/h1-12,14,19,22H,13,15-17H2. The van der Waals surface area contributed by atoms with Crippen molar-refractivity contribution in [2.45, 2.75) is 31.5 Å². The molecule has 2 atom stereocenters. The Kier molecular flexibility index (Phi) is 5.56. The van der Waals surface area contributed by atoms with Crippen LogP contribution in [0.4, 0.5) is 19.0 Å². The van der Waals surface area contributed by atoms with E-state index < -0.39 is 11.7 Å². The van der Waals surface area contributed by atoms with Crippen LogP contribution in [-0.4, -0.2) is 11.5 Å². The van der Waals surface area contributed by atoms with E-state index in [0.717, 1.165) is 30.9 Å². The Balaban J connectivity index is 1.66. The molecule has 3 aromatic rings. The van der Waals surface area contributed by atoms with Crippen molar-refractivity contribution < 1.29 is 13.2 Å². The zero-order chi connectivity index (χ0) is 20.3. The Labute approximate surface area is 169 Å². The number of anilines is 1. The number of aromatic nitrogens is 1. The van der Waals surface area contributed by atoms with Crippen molar-refractivity contribution in [2.75, 3.05) is 11.4 Å². The van der Waals surface area contributed by atoms with Gasteiger partial charge in [0.15, 0.2) is 0 Å². The van der Waals surface area contributed by atoms with Gasteiger partial charge in [-0.25, -0.2) is 4.98 Å². The molecule has 1 fully saturated rings. The van der Waals surface area contributed by atoms with E-state index in [4.69, 9.17) is 0 Å². The summed E-state index contributed by atoms with van der Waals surface area (Å²) in [6.07, 6.45) is -0.403. The van der Waals surface area contributed by atoms with Crippen molar-refractivity contribution >= 4 is 5.82 Å². The number of rotatable bonds is 4. The van der Waals surface area contributed by atoms with Crippen LogP contribution in [0.25, 0.3) is 0 Å². The van der Waals surface area contributed by atoms with Gasteiger partial charge in [0, 0.05) is 12.7 Å². The third kappa shape index (κ3) is 4.44. The van der Waals surface area contributed by atoms with E-state index in [1.54, 1.807) is 0 Å². The van der Waals surface area contributed by atoms with Gasteiger partial charge >= 0.3 is 6.18 Å². The lowest BCUT2D eigenvalue weighted by Crippen LogP contribution is -2.39. The van der Waals surface area contributed by atoms with Gasteiger partial charge in [-0.05, 0) is 48.4 Å². The highest BCUT2D eigenvalue weighted by Crippen LogP contribution is 2.42. The molecule has 1 aromatic heterocycles. The molecule has 2 heterocycles. The van der Waals surface area contributed by atoms with Crippen LogP contribution >= 0.6 is 0 Å². The van der Waals surface area contributed by atoms with E-state index in [0.29, 0.717) is 12.5 Å². The van der Waals surface area contributed by atoms with Crippen molar-refractivity contribution in [3.8, 4) is 0 Å². The predicted molar refractivity (Wildman–Crippen MR) is 109 cm³/mol. The second kappa shape index (κ2) is 8.27.